The summed E-state index contributed by atoms with van der Waals surface area (Å²) in [5, 5.41) is 10.6. The van der Waals surface area contributed by atoms with Crippen molar-refractivity contribution in [3.8, 4) is 17.2 Å². The van der Waals surface area contributed by atoms with E-state index >= 15 is 0 Å². The fourth-order valence-electron chi connectivity index (χ4n) is 6.62. The van der Waals surface area contributed by atoms with Crippen molar-refractivity contribution in [3.05, 3.63) is 96.0 Å². The number of sulfonamides is 1. The van der Waals surface area contributed by atoms with Crippen LogP contribution in [0.5, 0.6) is 17.2 Å². The van der Waals surface area contributed by atoms with Gasteiger partial charge in [0.1, 0.15) is 11.3 Å². The highest BCUT2D eigenvalue weighted by atomic mass is 32.2. The van der Waals surface area contributed by atoms with Crippen LogP contribution in [-0.2, 0) is 30.8 Å². The number of ether oxygens (including phenoxy) is 5. The molecule has 1 saturated heterocycles. The first-order chi connectivity index (χ1) is 24.8. The second kappa shape index (κ2) is 15.3. The fourth-order valence-corrected chi connectivity index (χ4v) is 8.04. The molecule has 0 saturated carbocycles. The normalized spacial score (nSPS) is 19.3. The van der Waals surface area contributed by atoms with Gasteiger partial charge in [0.05, 0.1) is 31.5 Å². The first-order valence-electron chi connectivity index (χ1n) is 16.9. The molecule has 51 heavy (non-hydrogen) atoms. The lowest BCUT2D eigenvalue weighted by Crippen LogP contribution is -2.49. The summed E-state index contributed by atoms with van der Waals surface area (Å²) in [6.45, 7) is 2.83. The number of para-hydroxylation sites is 1. The Hall–Kier alpha value is -4.60. The van der Waals surface area contributed by atoms with Crippen LogP contribution in [0.4, 0.5) is 0 Å². The van der Waals surface area contributed by atoms with E-state index in [1.165, 1.54) is 23.5 Å². The molecule has 270 valence electrons. The number of benzene rings is 3. The van der Waals surface area contributed by atoms with Gasteiger partial charge in [-0.2, -0.15) is 4.31 Å². The highest BCUT2D eigenvalue weighted by Crippen LogP contribution is 2.37. The molecule has 1 amide bonds. The van der Waals surface area contributed by atoms with E-state index < -0.39 is 16.3 Å². The number of methoxy groups -OCH3 is 1. The van der Waals surface area contributed by atoms with Gasteiger partial charge in [0.2, 0.25) is 23.1 Å². The molecule has 3 aliphatic heterocycles. The monoisotopic (exact) mass is 719 g/mol. The minimum absolute atomic E-state index is 0.0289. The number of nitrogens with zero attached hydrogens (tertiary/aromatic N) is 3. The third kappa shape index (κ3) is 7.70. The number of hydrogen-bond donors (Lipinski definition) is 1. The summed E-state index contributed by atoms with van der Waals surface area (Å²) in [7, 11) is -2.43. The van der Waals surface area contributed by atoms with Crippen LogP contribution in [0.15, 0.2) is 94.1 Å². The summed E-state index contributed by atoms with van der Waals surface area (Å²) in [6.07, 6.45) is 3.09. The molecular formula is C37H41N3O10S. The molecule has 1 aromatic heterocycles. The zero-order valence-corrected chi connectivity index (χ0v) is 29.1. The molecule has 3 aliphatic rings. The average Bonchev–Trinajstić information content (AvgIpc) is 3.82. The van der Waals surface area contributed by atoms with Crippen LogP contribution in [0.3, 0.4) is 0 Å². The van der Waals surface area contributed by atoms with Gasteiger partial charge in [-0.25, -0.2) is 8.42 Å². The largest absolute Gasteiger partial charge is 0.497 e. The average molecular weight is 720 g/mol. The number of carbonyl (C=O) groups is 1. The van der Waals surface area contributed by atoms with E-state index in [-0.39, 0.29) is 55.6 Å². The zero-order valence-electron chi connectivity index (χ0n) is 28.3. The van der Waals surface area contributed by atoms with Crippen LogP contribution in [0.1, 0.15) is 23.5 Å². The number of aliphatic hydroxyl groups is 1. The van der Waals surface area contributed by atoms with Crippen molar-refractivity contribution in [2.75, 3.05) is 66.4 Å². The van der Waals surface area contributed by atoms with Crippen LogP contribution >= 0.6 is 0 Å². The van der Waals surface area contributed by atoms with Crippen molar-refractivity contribution >= 4 is 26.9 Å². The Bertz CT molecular complexity index is 1970. The van der Waals surface area contributed by atoms with Gasteiger partial charge < -0.3 is 38.1 Å². The quantitative estimate of drug-likeness (QED) is 0.215. The molecule has 4 heterocycles. The highest BCUT2D eigenvalue weighted by Gasteiger charge is 2.34. The summed E-state index contributed by atoms with van der Waals surface area (Å²) in [5.41, 5.74) is 2.76. The Morgan fingerprint density at radius 2 is 1.76 bits per heavy atom. The zero-order chi connectivity index (χ0) is 35.4. The predicted octanol–water partition coefficient (Wildman–Crippen LogP) is 3.93. The lowest BCUT2D eigenvalue weighted by molar-refractivity contribution is -0.154. The van der Waals surface area contributed by atoms with Crippen LogP contribution in [0, 0.1) is 0 Å². The van der Waals surface area contributed by atoms with Crippen LogP contribution < -0.4 is 14.2 Å². The van der Waals surface area contributed by atoms with Crippen molar-refractivity contribution < 1.29 is 46.4 Å². The van der Waals surface area contributed by atoms with Gasteiger partial charge in [0.15, 0.2) is 17.3 Å². The molecule has 13 nitrogen and oxygen atoms in total. The molecule has 0 unspecified atom stereocenters. The van der Waals surface area contributed by atoms with Crippen molar-refractivity contribution in [2.24, 2.45) is 0 Å². The second-order valence-corrected chi connectivity index (χ2v) is 14.5. The minimum atomic E-state index is -3.93. The summed E-state index contributed by atoms with van der Waals surface area (Å²) >= 11 is 0. The first-order valence-corrected chi connectivity index (χ1v) is 18.4. The highest BCUT2D eigenvalue weighted by molar-refractivity contribution is 7.89. The Morgan fingerprint density at radius 1 is 0.980 bits per heavy atom. The molecule has 4 aromatic rings. The molecule has 0 aliphatic carbocycles. The maximum Gasteiger partial charge on any atom is 0.288 e. The Balaban J connectivity index is 1.03. The molecule has 0 radical (unpaired) electrons. The van der Waals surface area contributed by atoms with E-state index in [1.54, 1.807) is 23.3 Å². The number of furan rings is 1. The fraction of sp³-hybridized carbons (Fsp3) is 0.378. The van der Waals surface area contributed by atoms with Gasteiger partial charge in [0.25, 0.3) is 5.91 Å². The number of fused-ring (bicyclic) bond motifs is 2. The number of rotatable bonds is 13. The molecule has 14 heteroatoms. The summed E-state index contributed by atoms with van der Waals surface area (Å²) in [5.74, 6) is 1.73. The smallest absolute Gasteiger partial charge is 0.288 e. The van der Waals surface area contributed by atoms with Gasteiger partial charge in [-0.15, -0.1) is 0 Å². The third-order valence-corrected chi connectivity index (χ3v) is 11.3. The standard InChI is InChI=1S/C37H41N3O10S/c1-45-28-7-9-29(10-8-28)51(43,44)40(16-18-41)17-19-46-36-22-27(31-24-47-32-5-3-2-4-30(31)32)21-35(50-36)37(42)39-14-12-38(13-15-39)23-26-6-11-33-34(20-26)49-25-48-33/h2-11,20-21,24,27,36,41H,12-19,22-23,25H2,1H3/t27-,36+/m0/s1. The maximum atomic E-state index is 14.0. The van der Waals surface area contributed by atoms with Crippen molar-refractivity contribution in [3.63, 3.8) is 0 Å². The van der Waals surface area contributed by atoms with Crippen LogP contribution in [-0.4, -0.2) is 106 Å². The summed E-state index contributed by atoms with van der Waals surface area (Å²) < 4.78 is 62.3. The Labute approximate surface area is 296 Å². The molecule has 3 aromatic carbocycles. The lowest BCUT2D eigenvalue weighted by atomic mass is 9.92. The van der Waals surface area contributed by atoms with Crippen LogP contribution in [0.25, 0.3) is 11.0 Å². The van der Waals surface area contributed by atoms with E-state index in [2.05, 4.69) is 4.90 Å². The summed E-state index contributed by atoms with van der Waals surface area (Å²) in [6, 6.07) is 19.7. The number of allylic oxidation sites excluding steroid dienone is 1. The lowest BCUT2D eigenvalue weighted by Gasteiger charge is -2.36. The molecule has 7 rings (SSSR count). The van der Waals surface area contributed by atoms with Crippen molar-refractivity contribution in [1.82, 2.24) is 14.1 Å². The van der Waals surface area contributed by atoms with Gasteiger partial charge in [-0.1, -0.05) is 24.3 Å². The van der Waals surface area contributed by atoms with Crippen molar-refractivity contribution in [2.45, 2.75) is 30.1 Å². The van der Waals surface area contributed by atoms with Gasteiger partial charge in [0, 0.05) is 69.1 Å². The SMILES string of the molecule is COc1ccc(S(=O)(=O)N(CCO)CCO[C@H]2C[C@@H](c3coc4ccccc34)C=C(C(=O)N3CCN(Cc4ccc5c(c4)OCO5)CC3)O2)cc1. The molecular weight excluding hydrogens is 678 g/mol. The summed E-state index contributed by atoms with van der Waals surface area (Å²) in [4.78, 5) is 18.1. The molecule has 2 atom stereocenters. The number of hydrogen-bond acceptors (Lipinski definition) is 11. The molecule has 0 spiro atoms. The first kappa shape index (κ1) is 34.8. The Kier molecular flexibility index (Phi) is 10.5. The number of carbonyl (C=O) groups excluding carboxylic acids is 1. The Morgan fingerprint density at radius 3 is 2.55 bits per heavy atom. The number of amides is 1. The number of aliphatic hydroxyl groups excluding tert-OH is 1. The molecule has 1 fully saturated rings. The van der Waals surface area contributed by atoms with Crippen molar-refractivity contribution in [1.29, 1.82) is 0 Å². The number of piperazine rings is 1. The van der Waals surface area contributed by atoms with Gasteiger partial charge >= 0.3 is 0 Å². The van der Waals surface area contributed by atoms with Crippen LogP contribution in [0.2, 0.25) is 0 Å². The second-order valence-electron chi connectivity index (χ2n) is 12.5. The van der Waals surface area contributed by atoms with Gasteiger partial charge in [-0.3, -0.25) is 9.69 Å². The molecule has 0 bridgehead atoms. The minimum Gasteiger partial charge on any atom is -0.497 e. The van der Waals surface area contributed by atoms with Gasteiger partial charge in [-0.05, 0) is 54.1 Å². The van der Waals surface area contributed by atoms with E-state index in [9.17, 15) is 18.3 Å². The topological polar surface area (TPSA) is 140 Å². The predicted molar refractivity (Wildman–Crippen MR) is 186 cm³/mol. The maximum absolute atomic E-state index is 14.0. The van der Waals surface area contributed by atoms with E-state index in [4.69, 9.17) is 28.1 Å². The van der Waals surface area contributed by atoms with E-state index in [0.29, 0.717) is 38.3 Å². The third-order valence-electron chi connectivity index (χ3n) is 9.37. The van der Waals surface area contributed by atoms with E-state index in [0.717, 1.165) is 40.1 Å². The van der Waals surface area contributed by atoms with E-state index in [1.807, 2.05) is 48.5 Å². The molecule has 1 N–H and O–H groups in total.